The summed E-state index contributed by atoms with van der Waals surface area (Å²) in [5, 5.41) is 14.9. The monoisotopic (exact) mass is 595 g/mol. The summed E-state index contributed by atoms with van der Waals surface area (Å²) in [5.74, 6) is -0.888. The van der Waals surface area contributed by atoms with Crippen molar-refractivity contribution in [3.8, 4) is 5.75 Å². The van der Waals surface area contributed by atoms with Crippen molar-refractivity contribution in [3.63, 3.8) is 0 Å². The van der Waals surface area contributed by atoms with Gasteiger partial charge >= 0.3 is 12.4 Å². The molecule has 0 atom stereocenters. The SMILES string of the molecule is O=CCCNC(=O)c1ccc(CN(C(=O)Nc2ccc(OC(F)(F)F)c(CO)c2)c2ccc(C3=CCCCC3)cc2)cc1. The minimum atomic E-state index is -4.93. The first-order chi connectivity index (χ1) is 20.7. The third kappa shape index (κ3) is 8.92. The van der Waals surface area contributed by atoms with Crippen molar-refractivity contribution < 1.29 is 37.4 Å². The molecule has 0 heterocycles. The minimum Gasteiger partial charge on any atom is -0.405 e. The van der Waals surface area contributed by atoms with Crippen LogP contribution in [-0.4, -0.2) is 36.2 Å². The highest BCUT2D eigenvalue weighted by molar-refractivity contribution is 6.02. The fourth-order valence-corrected chi connectivity index (χ4v) is 4.72. The normalized spacial score (nSPS) is 13.1. The maximum absolute atomic E-state index is 13.6. The number of allylic oxidation sites excluding steroid dienone is 2. The van der Waals surface area contributed by atoms with Gasteiger partial charge in [-0.1, -0.05) is 30.3 Å². The van der Waals surface area contributed by atoms with Crippen molar-refractivity contribution in [2.24, 2.45) is 0 Å². The van der Waals surface area contributed by atoms with Crippen molar-refractivity contribution in [1.29, 1.82) is 0 Å². The summed E-state index contributed by atoms with van der Waals surface area (Å²) in [6.07, 6.45) is 2.52. The first-order valence-electron chi connectivity index (χ1n) is 13.8. The van der Waals surface area contributed by atoms with Crippen LogP contribution in [0.25, 0.3) is 5.57 Å². The van der Waals surface area contributed by atoms with Crippen LogP contribution >= 0.6 is 0 Å². The number of aliphatic hydroxyl groups excluding tert-OH is 1. The predicted molar refractivity (Wildman–Crippen MR) is 157 cm³/mol. The van der Waals surface area contributed by atoms with Crippen LogP contribution in [-0.2, 0) is 17.9 Å². The zero-order chi connectivity index (χ0) is 30.8. The molecule has 0 aromatic heterocycles. The van der Waals surface area contributed by atoms with Crippen molar-refractivity contribution in [2.75, 3.05) is 16.8 Å². The third-order valence-corrected chi connectivity index (χ3v) is 6.90. The number of rotatable bonds is 11. The highest BCUT2D eigenvalue weighted by Gasteiger charge is 2.32. The number of hydrogen-bond acceptors (Lipinski definition) is 5. The zero-order valence-corrected chi connectivity index (χ0v) is 23.3. The molecular formula is C32H32F3N3O5. The second kappa shape index (κ2) is 14.5. The number of aliphatic hydroxyl groups is 1. The van der Waals surface area contributed by atoms with Crippen LogP contribution in [0.3, 0.4) is 0 Å². The highest BCUT2D eigenvalue weighted by atomic mass is 19.4. The number of benzene rings is 3. The Labute approximate surface area is 247 Å². The lowest BCUT2D eigenvalue weighted by Gasteiger charge is -2.24. The number of carbonyl (C=O) groups excluding carboxylic acids is 3. The number of nitrogens with one attached hydrogen (secondary N) is 2. The van der Waals surface area contributed by atoms with Gasteiger partial charge in [0.05, 0.1) is 13.2 Å². The molecule has 0 radical (unpaired) electrons. The Bertz CT molecular complexity index is 1450. The number of nitrogens with zero attached hydrogens (tertiary/aromatic N) is 1. The summed E-state index contributed by atoms with van der Waals surface area (Å²) in [5.41, 5.74) is 4.04. The van der Waals surface area contributed by atoms with Gasteiger partial charge < -0.3 is 25.3 Å². The van der Waals surface area contributed by atoms with E-state index in [1.807, 2.05) is 24.3 Å². The van der Waals surface area contributed by atoms with Crippen LogP contribution in [0.2, 0.25) is 0 Å². The Hall–Kier alpha value is -4.64. The zero-order valence-electron chi connectivity index (χ0n) is 23.3. The molecule has 8 nitrogen and oxygen atoms in total. The summed E-state index contributed by atoms with van der Waals surface area (Å²) in [6.45, 7) is -0.388. The molecule has 0 aliphatic heterocycles. The molecule has 3 N–H and O–H groups in total. The van der Waals surface area contributed by atoms with E-state index in [0.717, 1.165) is 43.6 Å². The molecule has 43 heavy (non-hydrogen) atoms. The molecule has 11 heteroatoms. The van der Waals surface area contributed by atoms with E-state index >= 15 is 0 Å². The molecule has 0 unspecified atom stereocenters. The van der Waals surface area contributed by atoms with Gasteiger partial charge in [-0.05, 0) is 84.8 Å². The Morgan fingerprint density at radius 1 is 1.00 bits per heavy atom. The Kier molecular flexibility index (Phi) is 10.6. The first kappa shape index (κ1) is 31.3. The molecule has 4 rings (SSSR count). The lowest BCUT2D eigenvalue weighted by molar-refractivity contribution is -0.275. The molecule has 0 saturated carbocycles. The van der Waals surface area contributed by atoms with Crippen LogP contribution in [0.4, 0.5) is 29.3 Å². The maximum Gasteiger partial charge on any atom is 0.573 e. The fourth-order valence-electron chi connectivity index (χ4n) is 4.72. The minimum absolute atomic E-state index is 0.114. The van der Waals surface area contributed by atoms with Gasteiger partial charge in [-0.25, -0.2) is 4.79 Å². The van der Waals surface area contributed by atoms with Crippen molar-refractivity contribution >= 4 is 35.2 Å². The van der Waals surface area contributed by atoms with Gasteiger partial charge in [-0.2, -0.15) is 0 Å². The molecule has 0 bridgehead atoms. The predicted octanol–water partition coefficient (Wildman–Crippen LogP) is 6.59. The van der Waals surface area contributed by atoms with E-state index in [1.165, 1.54) is 22.6 Å². The van der Waals surface area contributed by atoms with E-state index in [4.69, 9.17) is 0 Å². The number of carbonyl (C=O) groups is 3. The van der Waals surface area contributed by atoms with Crippen LogP contribution in [0.1, 0.15) is 59.2 Å². The van der Waals surface area contributed by atoms with Gasteiger partial charge in [0.2, 0.25) is 0 Å². The van der Waals surface area contributed by atoms with Gasteiger partial charge in [-0.3, -0.25) is 9.69 Å². The van der Waals surface area contributed by atoms with E-state index in [9.17, 15) is 32.7 Å². The topological polar surface area (TPSA) is 108 Å². The summed E-state index contributed by atoms with van der Waals surface area (Å²) < 4.78 is 42.2. The van der Waals surface area contributed by atoms with Gasteiger partial charge in [0, 0.05) is 35.5 Å². The molecule has 3 aromatic rings. The highest BCUT2D eigenvalue weighted by Crippen LogP contribution is 2.31. The van der Waals surface area contributed by atoms with Crippen LogP contribution in [0.5, 0.6) is 5.75 Å². The number of alkyl halides is 3. The van der Waals surface area contributed by atoms with Crippen molar-refractivity contribution in [3.05, 3.63) is 95.1 Å². The smallest absolute Gasteiger partial charge is 0.405 e. The molecule has 226 valence electrons. The molecular weight excluding hydrogens is 563 g/mol. The molecule has 0 spiro atoms. The van der Waals surface area contributed by atoms with Crippen molar-refractivity contribution in [1.82, 2.24) is 5.32 Å². The summed E-state index contributed by atoms with van der Waals surface area (Å²) >= 11 is 0. The molecule has 3 aromatic carbocycles. The Balaban J connectivity index is 1.57. The van der Waals surface area contributed by atoms with E-state index in [1.54, 1.807) is 24.3 Å². The number of urea groups is 1. The average molecular weight is 596 g/mol. The Morgan fingerprint density at radius 2 is 1.74 bits per heavy atom. The number of halogens is 3. The number of amides is 3. The number of hydrogen-bond donors (Lipinski definition) is 3. The fraction of sp³-hybridized carbons (Fsp3) is 0.281. The van der Waals surface area contributed by atoms with Crippen LogP contribution in [0.15, 0.2) is 72.8 Å². The quantitative estimate of drug-likeness (QED) is 0.171. The first-order valence-corrected chi connectivity index (χ1v) is 13.8. The standard InChI is InChI=1S/C32H32F3N3O5/c33-32(34,35)43-29-16-13-27(19-26(29)21-40)37-31(42)38(28-14-11-24(12-15-28)23-5-2-1-3-6-23)20-22-7-9-25(10-8-22)30(41)36-17-4-18-39/h5,7-16,18-19,40H,1-4,6,17,20-21H2,(H,36,41)(H,37,42). The average Bonchev–Trinajstić information content (AvgIpc) is 3.00. The largest absolute Gasteiger partial charge is 0.573 e. The van der Waals surface area contributed by atoms with E-state index in [0.29, 0.717) is 16.8 Å². The van der Waals surface area contributed by atoms with Crippen molar-refractivity contribution in [2.45, 2.75) is 51.6 Å². The lowest BCUT2D eigenvalue weighted by atomic mass is 9.93. The molecule has 3 amide bonds. The molecule has 1 aliphatic carbocycles. The van der Waals surface area contributed by atoms with Gasteiger partial charge in [0.1, 0.15) is 12.0 Å². The molecule has 0 saturated heterocycles. The summed E-state index contributed by atoms with van der Waals surface area (Å²) in [6, 6.07) is 17.2. The van der Waals surface area contributed by atoms with E-state index in [2.05, 4.69) is 21.4 Å². The Morgan fingerprint density at radius 3 is 2.37 bits per heavy atom. The number of aldehydes is 1. The molecule has 0 fully saturated rings. The van der Waals surface area contributed by atoms with E-state index in [-0.39, 0.29) is 36.7 Å². The number of anilines is 2. The molecule has 1 aliphatic rings. The number of ether oxygens (including phenoxy) is 1. The van der Waals surface area contributed by atoms with Crippen LogP contribution < -0.4 is 20.3 Å². The van der Waals surface area contributed by atoms with E-state index < -0.39 is 24.7 Å². The second-order valence-electron chi connectivity index (χ2n) is 9.97. The summed E-state index contributed by atoms with van der Waals surface area (Å²) in [4.78, 5) is 37.9. The second-order valence-corrected chi connectivity index (χ2v) is 9.97. The third-order valence-electron chi connectivity index (χ3n) is 6.90. The van der Waals surface area contributed by atoms with Gasteiger partial charge in [0.15, 0.2) is 0 Å². The van der Waals surface area contributed by atoms with Gasteiger partial charge in [-0.15, -0.1) is 13.2 Å². The summed E-state index contributed by atoms with van der Waals surface area (Å²) in [7, 11) is 0. The lowest BCUT2D eigenvalue weighted by Crippen LogP contribution is -2.34. The maximum atomic E-state index is 13.6. The van der Waals surface area contributed by atoms with Crippen LogP contribution in [0, 0.1) is 0 Å². The van der Waals surface area contributed by atoms with Gasteiger partial charge in [0.25, 0.3) is 5.91 Å².